The third-order valence-electron chi connectivity index (χ3n) is 18.8. The Morgan fingerprint density at radius 1 is 0.900 bits per heavy atom. The number of esters is 1. The number of hydrogen-bond donors (Lipinski definition) is 2. The Kier molecular flexibility index (Phi) is 11.0. The molecule has 6 fully saturated rings. The van der Waals surface area contributed by atoms with Crippen LogP contribution in [0.1, 0.15) is 145 Å². The van der Waals surface area contributed by atoms with Crippen LogP contribution in [-0.2, 0) is 35.2 Å². The van der Waals surface area contributed by atoms with Crippen molar-refractivity contribution in [2.45, 2.75) is 158 Å². The summed E-state index contributed by atoms with van der Waals surface area (Å²) in [4.78, 5) is 53.8. The molecule has 6 aliphatic carbocycles. The van der Waals surface area contributed by atoms with Gasteiger partial charge in [-0.1, -0.05) is 85.6 Å². The summed E-state index contributed by atoms with van der Waals surface area (Å²) in [5.74, 6) is 0.0635. The fraction of sp³-hybridized carbons (Fsp3) is 0.760. The van der Waals surface area contributed by atoms with Gasteiger partial charge in [-0.2, -0.15) is 0 Å². The van der Waals surface area contributed by atoms with Crippen LogP contribution in [-0.4, -0.2) is 54.2 Å². The fourth-order valence-corrected chi connectivity index (χ4v) is 15.4. The molecule has 10 heteroatoms. The molecule has 0 aromatic heterocycles. The summed E-state index contributed by atoms with van der Waals surface area (Å²) in [6.45, 7) is 21.9. The van der Waals surface area contributed by atoms with Crippen molar-refractivity contribution in [1.29, 1.82) is 0 Å². The summed E-state index contributed by atoms with van der Waals surface area (Å²) in [5, 5.41) is 13.5. The summed E-state index contributed by atoms with van der Waals surface area (Å²) < 4.78 is 18.2. The van der Waals surface area contributed by atoms with Gasteiger partial charge < -0.3 is 24.6 Å². The summed E-state index contributed by atoms with van der Waals surface area (Å²) in [6, 6.07) is 5.56. The molecule has 1 aromatic rings. The average molecular weight is 849 g/mol. The average Bonchev–Trinajstić information content (AvgIpc) is 3.77. The van der Waals surface area contributed by atoms with E-state index in [2.05, 4.69) is 53.8 Å². The number of benzene rings is 1. The fourth-order valence-electron chi connectivity index (χ4n) is 15.2. The van der Waals surface area contributed by atoms with E-state index in [4.69, 9.17) is 25.8 Å². The molecule has 2 N–H and O–H groups in total. The molecule has 7 aliphatic rings. The van der Waals surface area contributed by atoms with E-state index in [1.54, 1.807) is 0 Å². The van der Waals surface area contributed by atoms with Crippen molar-refractivity contribution in [3.05, 3.63) is 39.9 Å². The van der Waals surface area contributed by atoms with Crippen LogP contribution in [0, 0.1) is 68.0 Å². The van der Waals surface area contributed by atoms with Gasteiger partial charge in [0, 0.05) is 47.2 Å². The van der Waals surface area contributed by atoms with E-state index in [1.165, 1.54) is 5.57 Å². The number of rotatable bonds is 10. The third-order valence-corrected chi connectivity index (χ3v) is 19.0. The van der Waals surface area contributed by atoms with Crippen molar-refractivity contribution in [3.8, 4) is 5.75 Å². The minimum Gasteiger partial charge on any atom is -0.488 e. The van der Waals surface area contributed by atoms with E-state index >= 15 is 0 Å². The molecular formula is C50H70ClNO8. The normalized spacial score (nSPS) is 40.1. The predicted octanol–water partition coefficient (Wildman–Crippen LogP) is 10.2. The van der Waals surface area contributed by atoms with Gasteiger partial charge >= 0.3 is 11.9 Å². The number of nitrogens with one attached hydrogen (secondary N) is 1. The quantitative estimate of drug-likeness (QED) is 0.223. The summed E-state index contributed by atoms with van der Waals surface area (Å²) in [7, 11) is 0. The maximum atomic E-state index is 14.2. The van der Waals surface area contributed by atoms with Gasteiger partial charge in [0.25, 0.3) is 0 Å². The standard InChI is InChI=1S/C50H70ClNO8/c1-28(2)41-35(53)24-50(25-40(54)52-26-29-10-11-30(51)22-36(29)59-31-16-21-58-27-31)20-19-48(8)32(42(41)50)12-13-38-47(7)17-15-39(46(5,6)37(47)14-18-49(38,48)9)60-44(57)34-23-33(43(55)56)45(34,3)4/h10-11,22,28,31-34,37-39H,12-21,23-27H2,1-9H3,(H,52,54)(H,55,56)/t31-,32-,33+,34-,37+,38-,39+,47+,48-,49-,50+/m1/s1. The van der Waals surface area contributed by atoms with E-state index in [9.17, 15) is 24.3 Å². The molecule has 11 atom stereocenters. The maximum Gasteiger partial charge on any atom is 0.309 e. The molecule has 8 rings (SSSR count). The van der Waals surface area contributed by atoms with Crippen molar-refractivity contribution in [2.75, 3.05) is 13.2 Å². The van der Waals surface area contributed by atoms with Crippen molar-refractivity contribution in [1.82, 2.24) is 5.32 Å². The van der Waals surface area contributed by atoms with Gasteiger partial charge in [0.2, 0.25) is 5.91 Å². The number of carbonyl (C=O) groups is 4. The van der Waals surface area contributed by atoms with Crippen LogP contribution >= 0.6 is 11.6 Å². The predicted molar refractivity (Wildman–Crippen MR) is 230 cm³/mol. The van der Waals surface area contributed by atoms with Crippen LogP contribution in [0.25, 0.3) is 0 Å². The number of amides is 1. The molecule has 1 heterocycles. The van der Waals surface area contributed by atoms with E-state index < -0.39 is 28.6 Å². The Labute approximate surface area is 362 Å². The van der Waals surface area contributed by atoms with Crippen LogP contribution in [0.3, 0.4) is 0 Å². The Bertz CT molecular complexity index is 1970. The number of allylic oxidation sites excluding steroid dienone is 2. The van der Waals surface area contributed by atoms with Gasteiger partial charge in [-0.25, -0.2) is 0 Å². The molecular weight excluding hydrogens is 778 g/mol. The molecule has 0 bridgehead atoms. The van der Waals surface area contributed by atoms with E-state index in [1.807, 2.05) is 32.0 Å². The lowest BCUT2D eigenvalue weighted by Gasteiger charge is -2.72. The highest BCUT2D eigenvalue weighted by molar-refractivity contribution is 6.30. The lowest BCUT2D eigenvalue weighted by atomic mass is 9.33. The topological polar surface area (TPSA) is 128 Å². The van der Waals surface area contributed by atoms with Gasteiger partial charge in [0.15, 0.2) is 5.78 Å². The van der Waals surface area contributed by atoms with Crippen LogP contribution < -0.4 is 10.1 Å². The number of carboxylic acid groups (broad SMARTS) is 1. The zero-order chi connectivity index (χ0) is 43.4. The second-order valence-electron chi connectivity index (χ2n) is 22.6. The number of ether oxygens (including phenoxy) is 3. The smallest absolute Gasteiger partial charge is 0.309 e. The number of carbonyl (C=O) groups excluding carboxylic acids is 3. The first-order valence-electron chi connectivity index (χ1n) is 23.1. The highest BCUT2D eigenvalue weighted by Crippen LogP contribution is 2.77. The number of fused-ring (bicyclic) bond motifs is 7. The molecule has 1 saturated heterocycles. The van der Waals surface area contributed by atoms with Crippen LogP contribution in [0.4, 0.5) is 0 Å². The molecule has 1 aromatic carbocycles. The van der Waals surface area contributed by atoms with Gasteiger partial charge in [-0.15, -0.1) is 0 Å². The zero-order valence-electron chi connectivity index (χ0n) is 37.6. The SMILES string of the molecule is CC(C)C1=C2[C@H]3CC[C@@H]4[C@@]5(C)CC[C@H](OC(=O)[C@H]6C[C@@H](C(=O)O)C6(C)C)C(C)(C)[C@@H]5CC[C@@]4(C)[C@]3(C)CC[C@@]2(CC(=O)NCc2ccc(Cl)cc2O[C@@H]2CCOC2)CC1=O. The highest BCUT2D eigenvalue weighted by Gasteiger charge is 2.70. The summed E-state index contributed by atoms with van der Waals surface area (Å²) >= 11 is 6.37. The third kappa shape index (κ3) is 6.70. The lowest BCUT2D eigenvalue weighted by Crippen LogP contribution is -2.66. The van der Waals surface area contributed by atoms with E-state index in [-0.39, 0.29) is 63.4 Å². The number of hydrogen-bond acceptors (Lipinski definition) is 7. The second kappa shape index (κ2) is 15.1. The largest absolute Gasteiger partial charge is 0.488 e. The second-order valence-corrected chi connectivity index (χ2v) is 23.0. The molecule has 330 valence electrons. The van der Waals surface area contributed by atoms with E-state index in [0.29, 0.717) is 61.6 Å². The van der Waals surface area contributed by atoms with Gasteiger partial charge in [-0.05, 0) is 121 Å². The van der Waals surface area contributed by atoms with Gasteiger partial charge in [0.1, 0.15) is 18.0 Å². The first-order valence-corrected chi connectivity index (χ1v) is 23.5. The van der Waals surface area contributed by atoms with Crippen molar-refractivity contribution < 1.29 is 38.5 Å². The molecule has 0 unspecified atom stereocenters. The molecule has 0 radical (unpaired) electrons. The minimum absolute atomic E-state index is 0.0332. The minimum atomic E-state index is -0.835. The Morgan fingerprint density at radius 2 is 1.65 bits per heavy atom. The number of ketones is 1. The first kappa shape index (κ1) is 43.7. The number of halogens is 1. The van der Waals surface area contributed by atoms with Crippen LogP contribution in [0.15, 0.2) is 29.3 Å². The summed E-state index contributed by atoms with van der Waals surface area (Å²) in [6.07, 6.45) is 9.46. The van der Waals surface area contributed by atoms with Crippen molar-refractivity contribution in [2.24, 2.45) is 68.0 Å². The van der Waals surface area contributed by atoms with Gasteiger partial charge in [-0.3, -0.25) is 19.2 Å². The van der Waals surface area contributed by atoms with E-state index in [0.717, 1.165) is 68.9 Å². The van der Waals surface area contributed by atoms with Gasteiger partial charge in [0.05, 0.1) is 25.0 Å². The Balaban J connectivity index is 1.01. The number of Topliss-reactive ketones (excluding diaryl/α,β-unsaturated/α-hetero) is 1. The molecule has 9 nitrogen and oxygen atoms in total. The number of aliphatic carboxylic acids is 1. The lowest BCUT2D eigenvalue weighted by molar-refractivity contribution is -0.236. The van der Waals surface area contributed by atoms with Crippen molar-refractivity contribution in [3.63, 3.8) is 0 Å². The zero-order valence-corrected chi connectivity index (χ0v) is 38.4. The Morgan fingerprint density at radius 3 is 2.32 bits per heavy atom. The monoisotopic (exact) mass is 847 g/mol. The summed E-state index contributed by atoms with van der Waals surface area (Å²) in [5.41, 5.74) is 1.90. The molecule has 5 saturated carbocycles. The van der Waals surface area contributed by atoms with Crippen molar-refractivity contribution >= 4 is 35.2 Å². The highest BCUT2D eigenvalue weighted by atomic mass is 35.5. The molecule has 1 amide bonds. The molecule has 1 aliphatic heterocycles. The number of carboxylic acids is 1. The Hall–Kier alpha value is -2.91. The first-order chi connectivity index (χ1) is 28.1. The maximum absolute atomic E-state index is 14.2. The van der Waals surface area contributed by atoms with Crippen LogP contribution in [0.2, 0.25) is 5.02 Å². The molecule has 60 heavy (non-hydrogen) atoms. The van der Waals surface area contributed by atoms with Crippen LogP contribution in [0.5, 0.6) is 5.75 Å². The molecule has 0 spiro atoms.